The highest BCUT2D eigenvalue weighted by Gasteiger charge is 2.10. The van der Waals surface area contributed by atoms with Gasteiger partial charge in [-0.05, 0) is 47.5 Å². The Morgan fingerprint density at radius 3 is 2.50 bits per heavy atom. The Labute approximate surface area is 135 Å². The number of nitrogens with one attached hydrogen (secondary N) is 2. The molecule has 0 radical (unpaired) electrons. The third-order valence-corrected chi connectivity index (χ3v) is 3.98. The predicted octanol–water partition coefficient (Wildman–Crippen LogP) is 4.74. The van der Waals surface area contributed by atoms with E-state index in [4.69, 9.17) is 0 Å². The van der Waals surface area contributed by atoms with Crippen molar-refractivity contribution in [1.82, 2.24) is 9.97 Å². The third kappa shape index (κ3) is 3.49. The minimum Gasteiger partial charge on any atom is -0.370 e. The first-order valence-electron chi connectivity index (χ1n) is 6.45. The summed E-state index contributed by atoms with van der Waals surface area (Å²) in [5, 5.41) is 6.63. The molecule has 6 heteroatoms. The molecule has 106 valence electrons. The van der Waals surface area contributed by atoms with Gasteiger partial charge in [0.15, 0.2) is 0 Å². The summed E-state index contributed by atoms with van der Waals surface area (Å²) < 4.78 is 2.01. The van der Waals surface area contributed by atoms with E-state index >= 15 is 0 Å². The smallest absolute Gasteiger partial charge is 0.139 e. The maximum Gasteiger partial charge on any atom is 0.139 e. The van der Waals surface area contributed by atoms with Crippen molar-refractivity contribution >= 4 is 49.2 Å². The maximum absolute atomic E-state index is 4.36. The van der Waals surface area contributed by atoms with E-state index < -0.39 is 0 Å². The molecule has 20 heavy (non-hydrogen) atoms. The van der Waals surface area contributed by atoms with Gasteiger partial charge in [0, 0.05) is 21.1 Å². The van der Waals surface area contributed by atoms with Crippen LogP contribution in [0.15, 0.2) is 33.5 Å². The van der Waals surface area contributed by atoms with Gasteiger partial charge in [-0.15, -0.1) is 0 Å². The summed E-state index contributed by atoms with van der Waals surface area (Å²) in [7, 11) is 0. The fourth-order valence-electron chi connectivity index (χ4n) is 1.89. The lowest BCUT2D eigenvalue weighted by Crippen LogP contribution is -2.07. The zero-order valence-corrected chi connectivity index (χ0v) is 14.5. The van der Waals surface area contributed by atoms with Crippen LogP contribution in [0.2, 0.25) is 0 Å². The van der Waals surface area contributed by atoms with Crippen LogP contribution >= 0.6 is 31.9 Å². The van der Waals surface area contributed by atoms with Gasteiger partial charge in [0.25, 0.3) is 0 Å². The molecular weight excluding hydrogens is 384 g/mol. The molecule has 0 atom stereocenters. The fourth-order valence-corrected chi connectivity index (χ4v) is 3.04. The second-order valence-corrected chi connectivity index (χ2v) is 5.95. The van der Waals surface area contributed by atoms with Gasteiger partial charge in [-0.2, -0.15) is 0 Å². The lowest BCUT2D eigenvalue weighted by Gasteiger charge is -2.14. The van der Waals surface area contributed by atoms with Crippen LogP contribution in [0.25, 0.3) is 0 Å². The molecule has 1 aromatic carbocycles. The minimum atomic E-state index is 0.835. The van der Waals surface area contributed by atoms with Crippen molar-refractivity contribution in [3.63, 3.8) is 0 Å². The molecule has 0 bridgehead atoms. The first-order chi connectivity index (χ1) is 9.65. The topological polar surface area (TPSA) is 49.8 Å². The van der Waals surface area contributed by atoms with Gasteiger partial charge in [-0.25, -0.2) is 9.97 Å². The average molecular weight is 400 g/mol. The second-order valence-electron chi connectivity index (χ2n) is 4.18. The summed E-state index contributed by atoms with van der Waals surface area (Å²) in [6, 6.07) is 5.99. The molecular formula is C14H16Br2N4. The van der Waals surface area contributed by atoms with Crippen LogP contribution in [0.5, 0.6) is 0 Å². The number of rotatable bonds is 5. The molecule has 4 nitrogen and oxygen atoms in total. The van der Waals surface area contributed by atoms with E-state index in [9.17, 15) is 0 Å². The van der Waals surface area contributed by atoms with Gasteiger partial charge in [0.1, 0.15) is 18.0 Å². The highest BCUT2D eigenvalue weighted by molar-refractivity contribution is 9.11. The first-order valence-corrected chi connectivity index (χ1v) is 8.04. The van der Waals surface area contributed by atoms with Crippen LogP contribution in [-0.2, 0) is 6.42 Å². The number of hydrogen-bond donors (Lipinski definition) is 2. The summed E-state index contributed by atoms with van der Waals surface area (Å²) in [5.74, 6) is 1.72. The molecule has 1 aromatic heterocycles. The van der Waals surface area contributed by atoms with Crippen LogP contribution in [0.4, 0.5) is 17.3 Å². The Morgan fingerprint density at radius 2 is 1.85 bits per heavy atom. The zero-order valence-electron chi connectivity index (χ0n) is 11.4. The quantitative estimate of drug-likeness (QED) is 0.762. The lowest BCUT2D eigenvalue weighted by atomic mass is 10.2. The van der Waals surface area contributed by atoms with E-state index in [-0.39, 0.29) is 0 Å². The van der Waals surface area contributed by atoms with Gasteiger partial charge in [0.2, 0.25) is 0 Å². The Bertz CT molecular complexity index is 602. The van der Waals surface area contributed by atoms with Crippen LogP contribution in [0.1, 0.15) is 19.4 Å². The third-order valence-electron chi connectivity index (χ3n) is 2.83. The molecule has 0 aliphatic carbocycles. The number of halogens is 2. The number of anilines is 3. The summed E-state index contributed by atoms with van der Waals surface area (Å²) >= 11 is 7.00. The Balaban J connectivity index is 2.35. The Kier molecular flexibility index (Phi) is 5.37. The van der Waals surface area contributed by atoms with Crippen LogP contribution in [-0.4, -0.2) is 16.5 Å². The Hall–Kier alpha value is -1.14. The summed E-state index contributed by atoms with van der Waals surface area (Å²) in [6.07, 6.45) is 2.44. The summed E-state index contributed by atoms with van der Waals surface area (Å²) in [5.41, 5.74) is 2.06. The molecule has 2 rings (SSSR count). The molecule has 0 amide bonds. The summed E-state index contributed by atoms with van der Waals surface area (Å²) in [6.45, 7) is 4.99. The zero-order chi connectivity index (χ0) is 14.5. The van der Waals surface area contributed by atoms with E-state index in [1.165, 1.54) is 0 Å². The second kappa shape index (κ2) is 7.04. The normalized spacial score (nSPS) is 10.4. The highest BCUT2D eigenvalue weighted by atomic mass is 79.9. The van der Waals surface area contributed by atoms with Gasteiger partial charge in [0.05, 0.1) is 5.69 Å². The maximum atomic E-state index is 4.36. The van der Waals surface area contributed by atoms with Gasteiger partial charge < -0.3 is 10.6 Å². The molecule has 0 fully saturated rings. The largest absolute Gasteiger partial charge is 0.370 e. The molecule has 0 aliphatic heterocycles. The average Bonchev–Trinajstić information content (AvgIpc) is 2.42. The van der Waals surface area contributed by atoms with Crippen molar-refractivity contribution < 1.29 is 0 Å². The van der Waals surface area contributed by atoms with Gasteiger partial charge in [-0.3, -0.25) is 0 Å². The van der Waals surface area contributed by atoms with E-state index in [1.807, 2.05) is 18.2 Å². The SMILES string of the molecule is CCNc1ncnc(Nc2ccc(Br)cc2Br)c1CC. The predicted molar refractivity (Wildman–Crippen MR) is 90.7 cm³/mol. The minimum absolute atomic E-state index is 0.835. The van der Waals surface area contributed by atoms with E-state index in [2.05, 4.69) is 66.3 Å². The van der Waals surface area contributed by atoms with Crippen LogP contribution in [0.3, 0.4) is 0 Å². The summed E-state index contributed by atoms with van der Waals surface area (Å²) in [4.78, 5) is 8.65. The fraction of sp³-hybridized carbons (Fsp3) is 0.286. The molecule has 0 spiro atoms. The van der Waals surface area contributed by atoms with Crippen LogP contribution in [0, 0.1) is 0 Å². The molecule has 0 aliphatic rings. The van der Waals surface area contributed by atoms with E-state index in [0.29, 0.717) is 0 Å². The monoisotopic (exact) mass is 398 g/mol. The van der Waals surface area contributed by atoms with Gasteiger partial charge in [-0.1, -0.05) is 22.9 Å². The van der Waals surface area contributed by atoms with Crippen molar-refractivity contribution in [2.75, 3.05) is 17.2 Å². The molecule has 0 saturated carbocycles. The highest BCUT2D eigenvalue weighted by Crippen LogP contribution is 2.30. The molecule has 0 unspecified atom stereocenters. The van der Waals surface area contributed by atoms with Gasteiger partial charge >= 0.3 is 0 Å². The van der Waals surface area contributed by atoms with E-state index in [0.717, 1.165) is 44.8 Å². The van der Waals surface area contributed by atoms with Crippen molar-refractivity contribution in [2.45, 2.75) is 20.3 Å². The number of benzene rings is 1. The van der Waals surface area contributed by atoms with E-state index in [1.54, 1.807) is 6.33 Å². The molecule has 2 aromatic rings. The van der Waals surface area contributed by atoms with Crippen molar-refractivity contribution in [3.8, 4) is 0 Å². The van der Waals surface area contributed by atoms with Crippen molar-refractivity contribution in [3.05, 3.63) is 39.0 Å². The number of aromatic nitrogens is 2. The molecule has 2 N–H and O–H groups in total. The number of nitrogens with zero attached hydrogens (tertiary/aromatic N) is 2. The first kappa shape index (κ1) is 15.3. The van der Waals surface area contributed by atoms with Crippen molar-refractivity contribution in [2.24, 2.45) is 0 Å². The molecule has 1 heterocycles. The van der Waals surface area contributed by atoms with Crippen LogP contribution < -0.4 is 10.6 Å². The lowest BCUT2D eigenvalue weighted by molar-refractivity contribution is 1.03. The number of hydrogen-bond acceptors (Lipinski definition) is 4. The molecule has 0 saturated heterocycles. The Morgan fingerprint density at radius 1 is 1.10 bits per heavy atom. The van der Waals surface area contributed by atoms with Crippen molar-refractivity contribution in [1.29, 1.82) is 0 Å². The standard InChI is InChI=1S/C14H16Br2N4/c1-3-10-13(17-4-2)18-8-19-14(10)20-12-6-5-9(15)7-11(12)16/h5-8H,3-4H2,1-2H3,(H2,17,18,19,20).